The third kappa shape index (κ3) is 1.97. The first-order valence-corrected chi connectivity index (χ1v) is 5.63. The molecule has 0 unspecified atom stereocenters. The summed E-state index contributed by atoms with van der Waals surface area (Å²) < 4.78 is 6.13. The second kappa shape index (κ2) is 4.69. The predicted octanol–water partition coefficient (Wildman–Crippen LogP) is 3.55. The van der Waals surface area contributed by atoms with Gasteiger partial charge in [0.2, 0.25) is 0 Å². The molecule has 0 spiro atoms. The standard InChI is InChI=1S/C11H6BrClN2O/c12-8-6-9(13)11(16-5-3-14)10-7(8)2-1-4-15-10/h1-2,4,6H,5H2. The zero-order valence-electron chi connectivity index (χ0n) is 8.08. The maximum atomic E-state index is 8.50. The van der Waals surface area contributed by atoms with Crippen LogP contribution in [0.2, 0.25) is 5.02 Å². The van der Waals surface area contributed by atoms with Gasteiger partial charge < -0.3 is 4.74 Å². The van der Waals surface area contributed by atoms with Crippen LogP contribution >= 0.6 is 27.5 Å². The molecule has 5 heteroatoms. The summed E-state index contributed by atoms with van der Waals surface area (Å²) in [6.45, 7) is -0.0486. The monoisotopic (exact) mass is 296 g/mol. The molecule has 1 aromatic carbocycles. The van der Waals surface area contributed by atoms with Crippen LogP contribution in [0.3, 0.4) is 0 Å². The average molecular weight is 298 g/mol. The van der Waals surface area contributed by atoms with Crippen molar-refractivity contribution < 1.29 is 4.74 Å². The Balaban J connectivity index is 2.67. The molecule has 0 aliphatic carbocycles. The number of nitrogens with zero attached hydrogens (tertiary/aromatic N) is 2. The molecule has 80 valence electrons. The molecule has 0 bridgehead atoms. The summed E-state index contributed by atoms with van der Waals surface area (Å²) in [5.74, 6) is 0.446. The van der Waals surface area contributed by atoms with Crippen LogP contribution in [0.4, 0.5) is 0 Å². The van der Waals surface area contributed by atoms with Crippen molar-refractivity contribution in [1.29, 1.82) is 5.26 Å². The van der Waals surface area contributed by atoms with Crippen LogP contribution in [0, 0.1) is 11.3 Å². The number of ether oxygens (including phenoxy) is 1. The van der Waals surface area contributed by atoms with E-state index in [0.29, 0.717) is 16.3 Å². The van der Waals surface area contributed by atoms with Gasteiger partial charge in [-0.1, -0.05) is 33.6 Å². The van der Waals surface area contributed by atoms with Crippen molar-refractivity contribution in [3.05, 3.63) is 33.9 Å². The highest BCUT2D eigenvalue weighted by molar-refractivity contribution is 9.10. The van der Waals surface area contributed by atoms with Crippen LogP contribution in [0.5, 0.6) is 5.75 Å². The Labute approximate surface area is 106 Å². The van der Waals surface area contributed by atoms with E-state index in [1.807, 2.05) is 18.2 Å². The second-order valence-electron chi connectivity index (χ2n) is 3.02. The molecule has 0 radical (unpaired) electrons. The number of aromatic nitrogens is 1. The van der Waals surface area contributed by atoms with Crippen molar-refractivity contribution in [3.8, 4) is 11.8 Å². The van der Waals surface area contributed by atoms with Crippen LogP contribution in [0.25, 0.3) is 10.9 Å². The second-order valence-corrected chi connectivity index (χ2v) is 4.28. The van der Waals surface area contributed by atoms with E-state index in [4.69, 9.17) is 21.6 Å². The first-order chi connectivity index (χ1) is 7.74. The van der Waals surface area contributed by atoms with Crippen molar-refractivity contribution >= 4 is 38.4 Å². The number of hydrogen-bond donors (Lipinski definition) is 0. The van der Waals surface area contributed by atoms with Gasteiger partial charge in [0.1, 0.15) is 11.6 Å². The molecule has 0 saturated heterocycles. The molecule has 2 rings (SSSR count). The minimum atomic E-state index is -0.0486. The molecule has 16 heavy (non-hydrogen) atoms. The van der Waals surface area contributed by atoms with Gasteiger partial charge in [-0.25, -0.2) is 0 Å². The SMILES string of the molecule is N#CCOc1c(Cl)cc(Br)c2cccnc12. The van der Waals surface area contributed by atoms with Gasteiger partial charge in [-0.3, -0.25) is 4.98 Å². The summed E-state index contributed by atoms with van der Waals surface area (Å²) in [4.78, 5) is 4.21. The topological polar surface area (TPSA) is 45.9 Å². The Morgan fingerprint density at radius 2 is 2.38 bits per heavy atom. The van der Waals surface area contributed by atoms with Gasteiger partial charge in [-0.15, -0.1) is 0 Å². The van der Waals surface area contributed by atoms with E-state index in [2.05, 4.69) is 20.9 Å². The van der Waals surface area contributed by atoms with Crippen LogP contribution < -0.4 is 4.74 Å². The zero-order valence-corrected chi connectivity index (χ0v) is 10.4. The van der Waals surface area contributed by atoms with Crippen molar-refractivity contribution in [2.24, 2.45) is 0 Å². The normalized spacial score (nSPS) is 10.1. The minimum Gasteiger partial charge on any atom is -0.475 e. The molecule has 0 saturated carbocycles. The molecule has 0 amide bonds. The van der Waals surface area contributed by atoms with Gasteiger partial charge in [0.25, 0.3) is 0 Å². The molecule has 1 aromatic heterocycles. The fourth-order valence-electron chi connectivity index (χ4n) is 1.39. The highest BCUT2D eigenvalue weighted by Gasteiger charge is 2.11. The molecule has 3 nitrogen and oxygen atoms in total. The zero-order chi connectivity index (χ0) is 11.5. The lowest BCUT2D eigenvalue weighted by atomic mass is 10.2. The maximum Gasteiger partial charge on any atom is 0.174 e. The summed E-state index contributed by atoms with van der Waals surface area (Å²) in [7, 11) is 0. The lowest BCUT2D eigenvalue weighted by molar-refractivity contribution is 0.372. The number of fused-ring (bicyclic) bond motifs is 1. The van der Waals surface area contributed by atoms with Gasteiger partial charge >= 0.3 is 0 Å². The number of hydrogen-bond acceptors (Lipinski definition) is 3. The van der Waals surface area contributed by atoms with Crippen molar-refractivity contribution in [2.45, 2.75) is 0 Å². The molecule has 0 aliphatic rings. The molecular weight excluding hydrogens is 291 g/mol. The van der Waals surface area contributed by atoms with Gasteiger partial charge in [0.15, 0.2) is 12.4 Å². The smallest absolute Gasteiger partial charge is 0.174 e. The average Bonchev–Trinajstić information content (AvgIpc) is 2.29. The fraction of sp³-hybridized carbons (Fsp3) is 0.0909. The highest BCUT2D eigenvalue weighted by Crippen LogP contribution is 2.36. The van der Waals surface area contributed by atoms with Gasteiger partial charge in [-0.05, 0) is 12.1 Å². The Hall–Kier alpha value is -1.31. The van der Waals surface area contributed by atoms with Crippen LogP contribution in [0.15, 0.2) is 28.9 Å². The summed E-state index contributed by atoms with van der Waals surface area (Å²) in [5, 5.41) is 9.84. The lowest BCUT2D eigenvalue weighted by Gasteiger charge is -2.09. The van der Waals surface area contributed by atoms with Crippen LogP contribution in [-0.2, 0) is 0 Å². The molecule has 1 heterocycles. The first-order valence-electron chi connectivity index (χ1n) is 4.46. The summed E-state index contributed by atoms with van der Waals surface area (Å²) in [6, 6.07) is 7.37. The molecule has 2 aromatic rings. The number of rotatable bonds is 2. The number of nitriles is 1. The molecular formula is C11H6BrClN2O. The first kappa shape index (κ1) is 11.2. The van der Waals surface area contributed by atoms with E-state index in [1.165, 1.54) is 0 Å². The van der Waals surface area contributed by atoms with E-state index in [1.54, 1.807) is 12.3 Å². The predicted molar refractivity (Wildman–Crippen MR) is 65.6 cm³/mol. The third-order valence-electron chi connectivity index (χ3n) is 2.03. The van der Waals surface area contributed by atoms with E-state index < -0.39 is 0 Å². The van der Waals surface area contributed by atoms with Crippen molar-refractivity contribution in [3.63, 3.8) is 0 Å². The lowest BCUT2D eigenvalue weighted by Crippen LogP contribution is -1.96. The van der Waals surface area contributed by atoms with Crippen molar-refractivity contribution in [1.82, 2.24) is 4.98 Å². The fourth-order valence-corrected chi connectivity index (χ4v) is 2.32. The Morgan fingerprint density at radius 1 is 1.56 bits per heavy atom. The summed E-state index contributed by atoms with van der Waals surface area (Å²) in [6.07, 6.45) is 1.66. The number of benzene rings is 1. The number of pyridine rings is 1. The van der Waals surface area contributed by atoms with E-state index in [0.717, 1.165) is 9.86 Å². The quantitative estimate of drug-likeness (QED) is 0.851. The summed E-state index contributed by atoms with van der Waals surface area (Å²) in [5.41, 5.74) is 0.650. The molecule has 0 atom stereocenters. The maximum absolute atomic E-state index is 8.50. The van der Waals surface area contributed by atoms with Gasteiger partial charge in [-0.2, -0.15) is 5.26 Å². The van der Waals surface area contributed by atoms with Crippen LogP contribution in [-0.4, -0.2) is 11.6 Å². The number of halogens is 2. The molecule has 0 fully saturated rings. The van der Waals surface area contributed by atoms with E-state index >= 15 is 0 Å². The van der Waals surface area contributed by atoms with Crippen LogP contribution in [0.1, 0.15) is 0 Å². The molecule has 0 aliphatic heterocycles. The Bertz CT molecular complexity index is 580. The highest BCUT2D eigenvalue weighted by atomic mass is 79.9. The van der Waals surface area contributed by atoms with E-state index in [9.17, 15) is 0 Å². The largest absolute Gasteiger partial charge is 0.475 e. The Morgan fingerprint density at radius 3 is 3.12 bits per heavy atom. The van der Waals surface area contributed by atoms with Crippen molar-refractivity contribution in [2.75, 3.05) is 6.61 Å². The third-order valence-corrected chi connectivity index (χ3v) is 2.97. The van der Waals surface area contributed by atoms with Gasteiger partial charge in [0, 0.05) is 16.1 Å². The minimum absolute atomic E-state index is 0.0486. The van der Waals surface area contributed by atoms with Gasteiger partial charge in [0.05, 0.1) is 5.02 Å². The Kier molecular flexibility index (Phi) is 3.28. The van der Waals surface area contributed by atoms with E-state index in [-0.39, 0.29) is 6.61 Å². The summed E-state index contributed by atoms with van der Waals surface area (Å²) >= 11 is 9.44. The molecule has 0 N–H and O–H groups in total.